The van der Waals surface area contributed by atoms with Gasteiger partial charge in [-0.15, -0.1) is 0 Å². The number of nitrogens with one attached hydrogen (secondary N) is 1. The highest BCUT2D eigenvalue weighted by atomic mass is 16.2. The highest BCUT2D eigenvalue weighted by Crippen LogP contribution is 2.08. The smallest absolute Gasteiger partial charge is 0.225 e. The molecule has 0 aliphatic rings. The summed E-state index contributed by atoms with van der Waals surface area (Å²) in [5.41, 5.74) is 5.42. The van der Waals surface area contributed by atoms with Gasteiger partial charge in [0.2, 0.25) is 5.91 Å². The van der Waals surface area contributed by atoms with E-state index in [-0.39, 0.29) is 11.8 Å². The Labute approximate surface area is 93.2 Å². The van der Waals surface area contributed by atoms with Crippen LogP contribution in [0.25, 0.3) is 0 Å². The summed E-state index contributed by atoms with van der Waals surface area (Å²) < 4.78 is 0. The molecule has 0 bridgehead atoms. The molecule has 4 heteroatoms. The molecule has 3 N–H and O–H groups in total. The van der Waals surface area contributed by atoms with Gasteiger partial charge in [0.05, 0.1) is 0 Å². The Morgan fingerprint density at radius 3 is 2.67 bits per heavy atom. The number of hydrogen-bond acceptors (Lipinski definition) is 3. The molecule has 15 heavy (non-hydrogen) atoms. The molecule has 90 valence electrons. The zero-order valence-corrected chi connectivity index (χ0v) is 10.3. The molecule has 0 aliphatic heterocycles. The zero-order valence-electron chi connectivity index (χ0n) is 10.3. The molecule has 0 heterocycles. The first-order valence-corrected chi connectivity index (χ1v) is 5.73. The standard InChI is InChI=1S/C11H25N3O/c1-10(6-4-7-12)11(15)14(3)9-5-8-13-2/h10,13H,4-9,12H2,1-3H3. The summed E-state index contributed by atoms with van der Waals surface area (Å²) in [4.78, 5) is 13.6. The molecule has 1 unspecified atom stereocenters. The molecule has 0 fully saturated rings. The molecule has 0 aromatic heterocycles. The third-order valence-corrected chi connectivity index (χ3v) is 2.56. The maximum atomic E-state index is 11.8. The summed E-state index contributed by atoms with van der Waals surface area (Å²) in [6.07, 6.45) is 2.82. The quantitative estimate of drug-likeness (QED) is 0.577. The second-order valence-corrected chi connectivity index (χ2v) is 4.05. The minimum absolute atomic E-state index is 0.105. The molecule has 1 amide bonds. The summed E-state index contributed by atoms with van der Waals surface area (Å²) in [7, 11) is 3.79. The first kappa shape index (κ1) is 14.4. The van der Waals surface area contributed by atoms with E-state index >= 15 is 0 Å². The zero-order chi connectivity index (χ0) is 11.7. The van der Waals surface area contributed by atoms with E-state index in [1.54, 1.807) is 0 Å². The van der Waals surface area contributed by atoms with E-state index < -0.39 is 0 Å². The molecule has 0 aromatic rings. The Bertz CT molecular complexity index is 173. The number of amides is 1. The summed E-state index contributed by atoms with van der Waals surface area (Å²) in [6, 6.07) is 0. The first-order valence-electron chi connectivity index (χ1n) is 5.73. The lowest BCUT2D eigenvalue weighted by atomic mass is 10.0. The average molecular weight is 215 g/mol. The van der Waals surface area contributed by atoms with Crippen LogP contribution in [-0.2, 0) is 4.79 Å². The maximum Gasteiger partial charge on any atom is 0.225 e. The van der Waals surface area contributed by atoms with E-state index in [9.17, 15) is 4.79 Å². The summed E-state index contributed by atoms with van der Waals surface area (Å²) >= 11 is 0. The molecule has 0 aliphatic carbocycles. The van der Waals surface area contributed by atoms with Crippen LogP contribution in [0.1, 0.15) is 26.2 Å². The highest BCUT2D eigenvalue weighted by Gasteiger charge is 2.16. The Kier molecular flexibility index (Phi) is 8.33. The third kappa shape index (κ3) is 6.47. The Hall–Kier alpha value is -0.610. The molecule has 4 nitrogen and oxygen atoms in total. The van der Waals surface area contributed by atoms with Crippen molar-refractivity contribution >= 4 is 5.91 Å². The van der Waals surface area contributed by atoms with Gasteiger partial charge in [-0.3, -0.25) is 4.79 Å². The van der Waals surface area contributed by atoms with Gasteiger partial charge in [-0.25, -0.2) is 0 Å². The van der Waals surface area contributed by atoms with Crippen LogP contribution in [0.15, 0.2) is 0 Å². The van der Waals surface area contributed by atoms with Crippen molar-refractivity contribution in [3.05, 3.63) is 0 Å². The minimum atomic E-state index is 0.105. The van der Waals surface area contributed by atoms with Crippen LogP contribution in [0.4, 0.5) is 0 Å². The lowest BCUT2D eigenvalue weighted by Gasteiger charge is -2.21. The number of rotatable bonds is 8. The van der Waals surface area contributed by atoms with Crippen LogP contribution >= 0.6 is 0 Å². The molecule has 0 spiro atoms. The van der Waals surface area contributed by atoms with E-state index in [1.165, 1.54) is 0 Å². The average Bonchev–Trinajstić information content (AvgIpc) is 2.24. The van der Waals surface area contributed by atoms with Crippen molar-refractivity contribution < 1.29 is 4.79 Å². The lowest BCUT2D eigenvalue weighted by Crippen LogP contribution is -2.33. The second-order valence-electron chi connectivity index (χ2n) is 4.05. The van der Waals surface area contributed by atoms with Crippen molar-refractivity contribution in [2.45, 2.75) is 26.2 Å². The van der Waals surface area contributed by atoms with E-state index in [1.807, 2.05) is 25.9 Å². The van der Waals surface area contributed by atoms with Crippen LogP contribution < -0.4 is 11.1 Å². The van der Waals surface area contributed by atoms with E-state index in [4.69, 9.17) is 5.73 Å². The van der Waals surface area contributed by atoms with Crippen molar-refractivity contribution in [2.24, 2.45) is 11.7 Å². The highest BCUT2D eigenvalue weighted by molar-refractivity contribution is 5.78. The van der Waals surface area contributed by atoms with Crippen molar-refractivity contribution in [1.29, 1.82) is 0 Å². The Morgan fingerprint density at radius 1 is 1.47 bits per heavy atom. The van der Waals surface area contributed by atoms with E-state index in [0.717, 1.165) is 32.4 Å². The number of carbonyl (C=O) groups excluding carboxylic acids is 1. The van der Waals surface area contributed by atoms with Gasteiger partial charge in [0, 0.05) is 19.5 Å². The number of nitrogens with two attached hydrogens (primary N) is 1. The van der Waals surface area contributed by atoms with Crippen LogP contribution in [0.2, 0.25) is 0 Å². The first-order chi connectivity index (χ1) is 7.13. The lowest BCUT2D eigenvalue weighted by molar-refractivity contribution is -0.133. The molecule has 0 aromatic carbocycles. The van der Waals surface area contributed by atoms with Gasteiger partial charge in [0.25, 0.3) is 0 Å². The molecular weight excluding hydrogens is 190 g/mol. The summed E-state index contributed by atoms with van der Waals surface area (Å²) in [5.74, 6) is 0.340. The Balaban J connectivity index is 3.75. The van der Waals surface area contributed by atoms with Crippen LogP contribution in [-0.4, -0.2) is 44.5 Å². The van der Waals surface area contributed by atoms with Gasteiger partial charge in [-0.05, 0) is 39.4 Å². The third-order valence-electron chi connectivity index (χ3n) is 2.56. The van der Waals surface area contributed by atoms with E-state index in [2.05, 4.69) is 5.32 Å². The van der Waals surface area contributed by atoms with Gasteiger partial charge < -0.3 is 16.0 Å². The van der Waals surface area contributed by atoms with Crippen molar-refractivity contribution in [2.75, 3.05) is 33.7 Å². The van der Waals surface area contributed by atoms with Crippen molar-refractivity contribution in [3.8, 4) is 0 Å². The van der Waals surface area contributed by atoms with Gasteiger partial charge in [0.15, 0.2) is 0 Å². The number of hydrogen-bond donors (Lipinski definition) is 2. The molecule has 0 rings (SSSR count). The van der Waals surface area contributed by atoms with Crippen LogP contribution in [0, 0.1) is 5.92 Å². The van der Waals surface area contributed by atoms with Gasteiger partial charge in [-0.2, -0.15) is 0 Å². The predicted octanol–water partition coefficient (Wildman–Crippen LogP) is 0.429. The van der Waals surface area contributed by atoms with Crippen LogP contribution in [0.3, 0.4) is 0 Å². The fourth-order valence-corrected chi connectivity index (χ4v) is 1.53. The second kappa shape index (κ2) is 8.68. The Morgan fingerprint density at radius 2 is 2.13 bits per heavy atom. The monoisotopic (exact) mass is 215 g/mol. The van der Waals surface area contributed by atoms with Gasteiger partial charge in [-0.1, -0.05) is 6.92 Å². The molecule has 0 saturated heterocycles. The van der Waals surface area contributed by atoms with Crippen molar-refractivity contribution in [3.63, 3.8) is 0 Å². The number of nitrogens with zero attached hydrogens (tertiary/aromatic N) is 1. The summed E-state index contributed by atoms with van der Waals surface area (Å²) in [5, 5.41) is 3.07. The molecular formula is C11H25N3O. The SMILES string of the molecule is CNCCCN(C)C(=O)C(C)CCCN. The van der Waals surface area contributed by atoms with E-state index in [0.29, 0.717) is 6.54 Å². The molecule has 0 saturated carbocycles. The topological polar surface area (TPSA) is 58.4 Å². The summed E-state index contributed by atoms with van der Waals surface area (Å²) in [6.45, 7) is 4.43. The van der Waals surface area contributed by atoms with Crippen molar-refractivity contribution in [1.82, 2.24) is 10.2 Å². The van der Waals surface area contributed by atoms with Gasteiger partial charge >= 0.3 is 0 Å². The van der Waals surface area contributed by atoms with Gasteiger partial charge in [0.1, 0.15) is 0 Å². The normalized spacial score (nSPS) is 12.5. The number of carbonyl (C=O) groups is 1. The maximum absolute atomic E-state index is 11.8. The fourth-order valence-electron chi connectivity index (χ4n) is 1.53. The van der Waals surface area contributed by atoms with Crippen LogP contribution in [0.5, 0.6) is 0 Å². The molecule has 0 radical (unpaired) electrons. The molecule has 1 atom stereocenters. The largest absolute Gasteiger partial charge is 0.345 e. The fraction of sp³-hybridized carbons (Fsp3) is 0.909. The minimum Gasteiger partial charge on any atom is -0.345 e. The predicted molar refractivity (Wildman–Crippen MR) is 63.6 cm³/mol.